The molecule has 0 bridgehead atoms. The van der Waals surface area contributed by atoms with E-state index in [1.807, 2.05) is 13.2 Å². The Hall–Kier alpha value is -0.910. The average Bonchev–Trinajstić information content (AvgIpc) is 2.32. The van der Waals surface area contributed by atoms with Crippen molar-refractivity contribution in [1.82, 2.24) is 10.6 Å². The average molecular weight is 274 g/mol. The van der Waals surface area contributed by atoms with Gasteiger partial charge in [-0.1, -0.05) is 19.8 Å². The summed E-state index contributed by atoms with van der Waals surface area (Å²) in [6, 6.07) is -0.375. The maximum Gasteiger partial charge on any atom is 0.329 e. The number of thioether (sulfide) groups is 1. The molecule has 1 aliphatic rings. The van der Waals surface area contributed by atoms with Crippen molar-refractivity contribution in [1.29, 1.82) is 0 Å². The zero-order valence-corrected chi connectivity index (χ0v) is 11.8. The van der Waals surface area contributed by atoms with Crippen molar-refractivity contribution in [2.24, 2.45) is 5.92 Å². The number of nitrogens with one attached hydrogen (secondary N) is 2. The van der Waals surface area contributed by atoms with Gasteiger partial charge in [0.2, 0.25) is 0 Å². The van der Waals surface area contributed by atoms with Crippen LogP contribution < -0.4 is 10.6 Å². The van der Waals surface area contributed by atoms with Crippen LogP contribution in [0.15, 0.2) is 0 Å². The van der Waals surface area contributed by atoms with E-state index in [0.717, 1.165) is 25.0 Å². The topological polar surface area (TPSA) is 78.4 Å². The Kier molecular flexibility index (Phi) is 5.78. The summed E-state index contributed by atoms with van der Waals surface area (Å²) in [7, 11) is 0. The second-order valence-corrected chi connectivity index (χ2v) is 5.78. The molecule has 104 valence electrons. The van der Waals surface area contributed by atoms with Gasteiger partial charge in [-0.15, -0.1) is 0 Å². The highest BCUT2D eigenvalue weighted by Gasteiger charge is 2.46. The van der Waals surface area contributed by atoms with Crippen molar-refractivity contribution in [2.75, 3.05) is 18.6 Å². The molecule has 1 fully saturated rings. The first-order valence-corrected chi connectivity index (χ1v) is 7.70. The smallest absolute Gasteiger partial charge is 0.329 e. The molecule has 0 aromatic rings. The fourth-order valence-electron chi connectivity index (χ4n) is 2.42. The Labute approximate surface area is 112 Å². The molecule has 1 rings (SSSR count). The quantitative estimate of drug-likeness (QED) is 0.667. The molecule has 0 aromatic carbocycles. The number of carboxylic acids is 1. The summed E-state index contributed by atoms with van der Waals surface area (Å²) in [5.74, 6) is -0.131. The van der Waals surface area contributed by atoms with E-state index in [1.54, 1.807) is 11.8 Å². The van der Waals surface area contributed by atoms with E-state index in [1.165, 1.54) is 0 Å². The van der Waals surface area contributed by atoms with Crippen LogP contribution in [0.4, 0.5) is 4.79 Å². The third-order valence-electron chi connectivity index (χ3n) is 3.61. The first kappa shape index (κ1) is 15.1. The van der Waals surface area contributed by atoms with Gasteiger partial charge in [-0.2, -0.15) is 11.8 Å². The van der Waals surface area contributed by atoms with Gasteiger partial charge in [0.25, 0.3) is 0 Å². The van der Waals surface area contributed by atoms with Gasteiger partial charge >= 0.3 is 12.0 Å². The number of hydrogen-bond donors (Lipinski definition) is 3. The second kappa shape index (κ2) is 6.87. The summed E-state index contributed by atoms with van der Waals surface area (Å²) in [6.07, 6.45) is 5.20. The Morgan fingerprint density at radius 2 is 2.17 bits per heavy atom. The fraction of sp³-hybridized carbons (Fsp3) is 0.833. The van der Waals surface area contributed by atoms with Gasteiger partial charge in [-0.3, -0.25) is 0 Å². The van der Waals surface area contributed by atoms with Gasteiger partial charge in [0.15, 0.2) is 0 Å². The van der Waals surface area contributed by atoms with E-state index in [4.69, 9.17) is 0 Å². The van der Waals surface area contributed by atoms with Gasteiger partial charge in [-0.25, -0.2) is 9.59 Å². The van der Waals surface area contributed by atoms with Gasteiger partial charge in [0.1, 0.15) is 5.54 Å². The highest BCUT2D eigenvalue weighted by molar-refractivity contribution is 7.98. The predicted molar refractivity (Wildman–Crippen MR) is 72.9 cm³/mol. The number of carbonyl (C=O) groups is 2. The number of aliphatic carboxylic acids is 1. The maximum absolute atomic E-state index is 11.7. The van der Waals surface area contributed by atoms with Crippen LogP contribution in [-0.2, 0) is 4.79 Å². The number of hydrogen-bond acceptors (Lipinski definition) is 3. The molecule has 0 radical (unpaired) electrons. The SMILES string of the molecule is CSCCNC(=O)NC1(C(=O)O)CCCCC1C. The van der Waals surface area contributed by atoms with Crippen molar-refractivity contribution in [2.45, 2.75) is 38.1 Å². The van der Waals surface area contributed by atoms with Crippen molar-refractivity contribution in [3.05, 3.63) is 0 Å². The lowest BCUT2D eigenvalue weighted by molar-refractivity contribution is -0.148. The van der Waals surface area contributed by atoms with E-state index in [0.29, 0.717) is 13.0 Å². The minimum absolute atomic E-state index is 0.0324. The first-order chi connectivity index (χ1) is 8.53. The second-order valence-electron chi connectivity index (χ2n) is 4.80. The Morgan fingerprint density at radius 3 is 2.72 bits per heavy atom. The standard InChI is InChI=1S/C12H22N2O3S/c1-9-5-3-4-6-12(9,10(15)16)14-11(17)13-7-8-18-2/h9H,3-8H2,1-2H3,(H,15,16)(H2,13,14,17). The van der Waals surface area contributed by atoms with Crippen molar-refractivity contribution in [3.8, 4) is 0 Å². The van der Waals surface area contributed by atoms with Gasteiger partial charge in [-0.05, 0) is 25.0 Å². The lowest BCUT2D eigenvalue weighted by Gasteiger charge is -2.39. The molecule has 2 atom stereocenters. The van der Waals surface area contributed by atoms with Crippen LogP contribution in [0.1, 0.15) is 32.6 Å². The van der Waals surface area contributed by atoms with E-state index in [9.17, 15) is 14.7 Å². The Morgan fingerprint density at radius 1 is 1.44 bits per heavy atom. The third kappa shape index (κ3) is 3.54. The van der Waals surface area contributed by atoms with E-state index in [2.05, 4.69) is 10.6 Å². The zero-order chi connectivity index (χ0) is 13.6. The van der Waals surface area contributed by atoms with E-state index in [-0.39, 0.29) is 11.9 Å². The highest BCUT2D eigenvalue weighted by atomic mass is 32.2. The molecule has 18 heavy (non-hydrogen) atoms. The Bertz CT molecular complexity index is 312. The molecular weight excluding hydrogens is 252 g/mol. The summed E-state index contributed by atoms with van der Waals surface area (Å²) in [4.78, 5) is 23.3. The molecule has 0 saturated heterocycles. The van der Waals surface area contributed by atoms with Crippen LogP contribution in [0, 0.1) is 5.92 Å². The molecule has 0 heterocycles. The number of amides is 2. The van der Waals surface area contributed by atoms with Gasteiger partial charge in [0, 0.05) is 12.3 Å². The molecule has 0 aromatic heterocycles. The van der Waals surface area contributed by atoms with Crippen LogP contribution in [0.5, 0.6) is 0 Å². The number of rotatable bonds is 5. The molecule has 0 aliphatic heterocycles. The molecule has 6 heteroatoms. The summed E-state index contributed by atoms with van der Waals surface area (Å²) in [5, 5.41) is 14.8. The van der Waals surface area contributed by atoms with Crippen LogP contribution in [-0.4, -0.2) is 41.2 Å². The molecule has 5 nitrogen and oxygen atoms in total. The third-order valence-corrected chi connectivity index (χ3v) is 4.22. The van der Waals surface area contributed by atoms with E-state index >= 15 is 0 Å². The maximum atomic E-state index is 11.7. The fourth-order valence-corrected chi connectivity index (χ4v) is 2.72. The van der Waals surface area contributed by atoms with Gasteiger partial charge in [0.05, 0.1) is 0 Å². The largest absolute Gasteiger partial charge is 0.479 e. The normalized spacial score (nSPS) is 27.6. The lowest BCUT2D eigenvalue weighted by Crippen LogP contribution is -2.62. The number of urea groups is 1. The number of carbonyl (C=O) groups excluding carboxylic acids is 1. The van der Waals surface area contributed by atoms with Crippen molar-refractivity contribution < 1.29 is 14.7 Å². The van der Waals surface area contributed by atoms with E-state index < -0.39 is 11.5 Å². The van der Waals surface area contributed by atoms with Crippen LogP contribution >= 0.6 is 11.8 Å². The molecule has 1 saturated carbocycles. The summed E-state index contributed by atoms with van der Waals surface area (Å²) < 4.78 is 0. The minimum atomic E-state index is -1.10. The van der Waals surface area contributed by atoms with Crippen LogP contribution in [0.25, 0.3) is 0 Å². The molecular formula is C12H22N2O3S. The molecule has 3 N–H and O–H groups in total. The predicted octanol–water partition coefficient (Wildman–Crippen LogP) is 1.68. The van der Waals surface area contributed by atoms with Crippen molar-refractivity contribution >= 4 is 23.8 Å². The summed E-state index contributed by atoms with van der Waals surface area (Å²) >= 11 is 1.64. The molecule has 2 unspecified atom stereocenters. The number of carboxylic acid groups (broad SMARTS) is 1. The lowest BCUT2D eigenvalue weighted by atomic mass is 9.73. The van der Waals surface area contributed by atoms with Crippen LogP contribution in [0.2, 0.25) is 0 Å². The highest BCUT2D eigenvalue weighted by Crippen LogP contribution is 2.33. The Balaban J connectivity index is 2.62. The zero-order valence-electron chi connectivity index (χ0n) is 11.0. The molecule has 1 aliphatic carbocycles. The van der Waals surface area contributed by atoms with Gasteiger partial charge < -0.3 is 15.7 Å². The monoisotopic (exact) mass is 274 g/mol. The minimum Gasteiger partial charge on any atom is -0.479 e. The first-order valence-electron chi connectivity index (χ1n) is 6.31. The van der Waals surface area contributed by atoms with Crippen LogP contribution in [0.3, 0.4) is 0 Å². The van der Waals surface area contributed by atoms with Crippen molar-refractivity contribution in [3.63, 3.8) is 0 Å². The molecule has 2 amide bonds. The summed E-state index contributed by atoms with van der Waals surface area (Å²) in [6.45, 7) is 2.45. The summed E-state index contributed by atoms with van der Waals surface area (Å²) in [5.41, 5.74) is -1.10. The molecule has 0 spiro atoms.